The molecule has 0 aliphatic heterocycles. The van der Waals surface area contributed by atoms with E-state index >= 15 is 0 Å². The van der Waals surface area contributed by atoms with Crippen LogP contribution in [0.15, 0.2) is 0 Å². The van der Waals surface area contributed by atoms with Gasteiger partial charge < -0.3 is 9.47 Å². The summed E-state index contributed by atoms with van der Waals surface area (Å²) >= 11 is 2.88. The van der Waals surface area contributed by atoms with Crippen LogP contribution in [-0.4, -0.2) is 35.8 Å². The van der Waals surface area contributed by atoms with Gasteiger partial charge in [-0.1, -0.05) is 55.5 Å². The van der Waals surface area contributed by atoms with Gasteiger partial charge in [0, 0.05) is 0 Å². The SMILES string of the molecule is CCCCCOC(=O)C(=O)C(Br)C(=O)OCCCCC. The summed E-state index contributed by atoms with van der Waals surface area (Å²) in [7, 11) is 0. The molecule has 6 heteroatoms. The molecule has 0 spiro atoms. The number of alkyl halides is 1. The van der Waals surface area contributed by atoms with Crippen molar-refractivity contribution in [1.82, 2.24) is 0 Å². The molecule has 0 saturated heterocycles. The highest BCUT2D eigenvalue weighted by molar-refractivity contribution is 9.10. The Morgan fingerprint density at radius 1 is 0.900 bits per heavy atom. The van der Waals surface area contributed by atoms with Gasteiger partial charge in [-0.05, 0) is 12.8 Å². The summed E-state index contributed by atoms with van der Waals surface area (Å²) in [5, 5.41) is 0. The zero-order valence-corrected chi connectivity index (χ0v) is 13.7. The van der Waals surface area contributed by atoms with Gasteiger partial charge in [-0.2, -0.15) is 0 Å². The highest BCUT2D eigenvalue weighted by Gasteiger charge is 2.31. The fourth-order valence-corrected chi connectivity index (χ4v) is 1.72. The third-order valence-corrected chi connectivity index (χ3v) is 3.40. The predicted octanol–water partition coefficient (Wildman–Crippen LogP) is 2.79. The van der Waals surface area contributed by atoms with Gasteiger partial charge in [-0.3, -0.25) is 9.59 Å². The van der Waals surface area contributed by atoms with E-state index in [2.05, 4.69) is 15.9 Å². The van der Waals surface area contributed by atoms with Crippen LogP contribution in [0.1, 0.15) is 52.4 Å². The van der Waals surface area contributed by atoms with Crippen molar-refractivity contribution in [2.75, 3.05) is 13.2 Å². The Morgan fingerprint density at radius 2 is 1.40 bits per heavy atom. The first-order valence-corrected chi connectivity index (χ1v) is 7.97. The summed E-state index contributed by atoms with van der Waals surface area (Å²) in [6, 6.07) is 0. The molecule has 0 bridgehead atoms. The minimum Gasteiger partial charge on any atom is -0.465 e. The zero-order valence-electron chi connectivity index (χ0n) is 12.2. The molecule has 0 aromatic carbocycles. The van der Waals surface area contributed by atoms with Gasteiger partial charge in [-0.15, -0.1) is 0 Å². The van der Waals surface area contributed by atoms with Crippen molar-refractivity contribution in [3.63, 3.8) is 0 Å². The highest BCUT2D eigenvalue weighted by atomic mass is 79.9. The minimum atomic E-state index is -1.28. The number of carbonyl (C=O) groups excluding carboxylic acids is 3. The van der Waals surface area contributed by atoms with Crippen molar-refractivity contribution in [2.24, 2.45) is 0 Å². The maximum atomic E-state index is 11.6. The number of halogens is 1. The van der Waals surface area contributed by atoms with E-state index in [0.29, 0.717) is 6.42 Å². The zero-order chi connectivity index (χ0) is 15.4. The van der Waals surface area contributed by atoms with Crippen LogP contribution < -0.4 is 0 Å². The summed E-state index contributed by atoms with van der Waals surface area (Å²) in [6.45, 7) is 4.51. The lowest BCUT2D eigenvalue weighted by atomic mass is 10.2. The maximum absolute atomic E-state index is 11.6. The van der Waals surface area contributed by atoms with Gasteiger partial charge >= 0.3 is 11.9 Å². The second-order valence-electron chi connectivity index (χ2n) is 4.44. The van der Waals surface area contributed by atoms with Crippen LogP contribution >= 0.6 is 15.9 Å². The topological polar surface area (TPSA) is 69.7 Å². The first-order valence-electron chi connectivity index (χ1n) is 7.06. The third kappa shape index (κ3) is 8.30. The normalized spacial score (nSPS) is 11.8. The Balaban J connectivity index is 3.98. The second kappa shape index (κ2) is 11.9. The quantitative estimate of drug-likeness (QED) is 0.188. The molecule has 0 aromatic heterocycles. The Hall–Kier alpha value is -0.910. The van der Waals surface area contributed by atoms with Crippen LogP contribution in [0.2, 0.25) is 0 Å². The van der Waals surface area contributed by atoms with Crippen molar-refractivity contribution >= 4 is 33.7 Å². The molecule has 0 rings (SSSR count). The number of hydrogen-bond acceptors (Lipinski definition) is 5. The molecule has 0 aliphatic rings. The van der Waals surface area contributed by atoms with Crippen LogP contribution in [-0.2, 0) is 23.9 Å². The van der Waals surface area contributed by atoms with Crippen molar-refractivity contribution in [3.8, 4) is 0 Å². The van der Waals surface area contributed by atoms with Crippen LogP contribution in [0.5, 0.6) is 0 Å². The first kappa shape index (κ1) is 19.1. The van der Waals surface area contributed by atoms with E-state index in [0.717, 1.165) is 32.1 Å². The molecule has 0 N–H and O–H groups in total. The fourth-order valence-electron chi connectivity index (χ4n) is 1.40. The van der Waals surface area contributed by atoms with Gasteiger partial charge in [0.15, 0.2) is 4.83 Å². The molecule has 0 saturated carbocycles. The van der Waals surface area contributed by atoms with Crippen LogP contribution in [0.3, 0.4) is 0 Å². The molecular weight excluding hydrogens is 328 g/mol. The molecular formula is C14H23BrO5. The number of carbonyl (C=O) groups is 3. The van der Waals surface area contributed by atoms with E-state index in [1.165, 1.54) is 0 Å². The number of ether oxygens (including phenoxy) is 2. The predicted molar refractivity (Wildman–Crippen MR) is 78.7 cm³/mol. The maximum Gasteiger partial charge on any atom is 0.376 e. The van der Waals surface area contributed by atoms with E-state index in [-0.39, 0.29) is 13.2 Å². The Labute approximate surface area is 128 Å². The lowest BCUT2D eigenvalue weighted by Gasteiger charge is -2.09. The molecule has 0 aromatic rings. The number of Topliss-reactive ketones (excluding diaryl/α,β-unsaturated/α-hetero) is 1. The lowest BCUT2D eigenvalue weighted by Crippen LogP contribution is -2.33. The number of unbranched alkanes of at least 4 members (excludes halogenated alkanes) is 4. The number of rotatable bonds is 11. The van der Waals surface area contributed by atoms with E-state index in [9.17, 15) is 14.4 Å². The highest BCUT2D eigenvalue weighted by Crippen LogP contribution is 2.07. The monoisotopic (exact) mass is 350 g/mol. The van der Waals surface area contributed by atoms with E-state index < -0.39 is 22.5 Å². The molecule has 20 heavy (non-hydrogen) atoms. The van der Waals surface area contributed by atoms with E-state index in [1.807, 2.05) is 13.8 Å². The van der Waals surface area contributed by atoms with Gasteiger partial charge in [0.05, 0.1) is 13.2 Å². The summed E-state index contributed by atoms with van der Waals surface area (Å²) in [6.07, 6.45) is 5.35. The molecule has 0 amide bonds. The summed E-state index contributed by atoms with van der Waals surface area (Å²) < 4.78 is 9.70. The lowest BCUT2D eigenvalue weighted by molar-refractivity contribution is -0.157. The van der Waals surface area contributed by atoms with Gasteiger partial charge in [0.1, 0.15) is 0 Å². The fraction of sp³-hybridized carbons (Fsp3) is 0.786. The molecule has 0 radical (unpaired) electrons. The van der Waals surface area contributed by atoms with Crippen molar-refractivity contribution < 1.29 is 23.9 Å². The third-order valence-electron chi connectivity index (χ3n) is 2.61. The number of esters is 2. The summed E-state index contributed by atoms with van der Waals surface area (Å²) in [5.74, 6) is -2.65. The molecule has 0 aliphatic carbocycles. The standard InChI is InChI=1S/C14H23BrO5/c1-3-5-7-9-19-13(17)11(15)12(16)14(18)20-10-8-6-4-2/h11H,3-10H2,1-2H3. The molecule has 5 nitrogen and oxygen atoms in total. The van der Waals surface area contributed by atoms with Gasteiger partial charge in [-0.25, -0.2) is 4.79 Å². The van der Waals surface area contributed by atoms with E-state index in [4.69, 9.17) is 9.47 Å². The molecule has 1 unspecified atom stereocenters. The molecule has 1 atom stereocenters. The first-order chi connectivity index (χ1) is 9.54. The summed E-state index contributed by atoms with van der Waals surface area (Å²) in [4.78, 5) is 33.3. The average Bonchev–Trinajstić information content (AvgIpc) is 2.46. The van der Waals surface area contributed by atoms with E-state index in [1.54, 1.807) is 0 Å². The van der Waals surface area contributed by atoms with Gasteiger partial charge in [0.25, 0.3) is 5.78 Å². The average molecular weight is 351 g/mol. The van der Waals surface area contributed by atoms with Crippen molar-refractivity contribution in [2.45, 2.75) is 57.2 Å². The van der Waals surface area contributed by atoms with Crippen LogP contribution in [0.4, 0.5) is 0 Å². The molecule has 116 valence electrons. The molecule has 0 fully saturated rings. The Bertz CT molecular complexity index is 317. The second-order valence-corrected chi connectivity index (χ2v) is 5.36. The Kier molecular flexibility index (Phi) is 11.3. The Morgan fingerprint density at radius 3 is 1.90 bits per heavy atom. The number of hydrogen-bond donors (Lipinski definition) is 0. The summed E-state index contributed by atoms with van der Waals surface area (Å²) in [5.41, 5.74) is 0. The minimum absolute atomic E-state index is 0.198. The smallest absolute Gasteiger partial charge is 0.376 e. The molecule has 0 heterocycles. The largest absolute Gasteiger partial charge is 0.465 e. The van der Waals surface area contributed by atoms with Crippen molar-refractivity contribution in [3.05, 3.63) is 0 Å². The van der Waals surface area contributed by atoms with Crippen molar-refractivity contribution in [1.29, 1.82) is 0 Å². The van der Waals surface area contributed by atoms with Gasteiger partial charge in [0.2, 0.25) is 0 Å². The van der Waals surface area contributed by atoms with Crippen LogP contribution in [0, 0.1) is 0 Å². The van der Waals surface area contributed by atoms with Crippen LogP contribution in [0.25, 0.3) is 0 Å². The number of ketones is 1.